The minimum Gasteiger partial charge on any atom is -0.385 e. The Labute approximate surface area is 82.7 Å². The normalized spacial score (nSPS) is 11.8. The summed E-state index contributed by atoms with van der Waals surface area (Å²) in [6.07, 6.45) is 2.04. The van der Waals surface area contributed by atoms with Crippen LogP contribution in [0.15, 0.2) is 17.3 Å². The van der Waals surface area contributed by atoms with E-state index in [0.717, 1.165) is 0 Å². The number of hydrogen-bond acceptors (Lipinski definition) is 4. The lowest BCUT2D eigenvalue weighted by Crippen LogP contribution is -2.25. The molecule has 0 spiro atoms. The van der Waals surface area contributed by atoms with E-state index in [0.29, 0.717) is 19.6 Å². The maximum absolute atomic E-state index is 11.4. The molecule has 0 radical (unpaired) electrons. The monoisotopic (exact) mass is 219 g/mol. The molecule has 6 nitrogen and oxygen atoms in total. The van der Waals surface area contributed by atoms with Crippen LogP contribution in [-0.2, 0) is 14.8 Å². The molecule has 0 aliphatic rings. The zero-order chi connectivity index (χ0) is 10.4. The fraction of sp³-hybridized carbons (Fsp3) is 0.571. The third-order valence-electron chi connectivity index (χ3n) is 1.58. The lowest BCUT2D eigenvalue weighted by atomic mass is 10.5. The summed E-state index contributed by atoms with van der Waals surface area (Å²) in [6.45, 7) is 0.890. The summed E-state index contributed by atoms with van der Waals surface area (Å²) in [4.78, 5) is 0. The number of aromatic nitrogens is 2. The number of aromatic amines is 1. The van der Waals surface area contributed by atoms with Crippen LogP contribution < -0.4 is 4.72 Å². The van der Waals surface area contributed by atoms with Crippen molar-refractivity contribution in [1.29, 1.82) is 0 Å². The number of rotatable bonds is 6. The number of nitrogens with zero attached hydrogens (tertiary/aromatic N) is 1. The van der Waals surface area contributed by atoms with Crippen LogP contribution in [0.5, 0.6) is 0 Å². The number of ether oxygens (including phenoxy) is 1. The van der Waals surface area contributed by atoms with Gasteiger partial charge in [-0.1, -0.05) is 0 Å². The van der Waals surface area contributed by atoms with E-state index in [1.165, 1.54) is 12.3 Å². The van der Waals surface area contributed by atoms with Gasteiger partial charge in [0.2, 0.25) is 0 Å². The zero-order valence-electron chi connectivity index (χ0n) is 7.86. The Morgan fingerprint density at radius 2 is 2.43 bits per heavy atom. The zero-order valence-corrected chi connectivity index (χ0v) is 8.67. The Morgan fingerprint density at radius 1 is 1.64 bits per heavy atom. The van der Waals surface area contributed by atoms with E-state index < -0.39 is 10.0 Å². The summed E-state index contributed by atoms with van der Waals surface area (Å²) in [5.41, 5.74) is 0. The van der Waals surface area contributed by atoms with Crippen molar-refractivity contribution in [2.24, 2.45) is 0 Å². The Morgan fingerprint density at radius 3 is 3.00 bits per heavy atom. The number of sulfonamides is 1. The highest BCUT2D eigenvalue weighted by Gasteiger charge is 2.13. The average molecular weight is 219 g/mol. The molecule has 1 aromatic rings. The van der Waals surface area contributed by atoms with E-state index in [9.17, 15) is 8.42 Å². The van der Waals surface area contributed by atoms with Crippen molar-refractivity contribution in [3.8, 4) is 0 Å². The number of hydrogen-bond donors (Lipinski definition) is 2. The van der Waals surface area contributed by atoms with Crippen LogP contribution in [0.25, 0.3) is 0 Å². The topological polar surface area (TPSA) is 84.1 Å². The molecule has 0 amide bonds. The number of methoxy groups -OCH3 is 1. The summed E-state index contributed by atoms with van der Waals surface area (Å²) in [5, 5.41) is 6.03. The lowest BCUT2D eigenvalue weighted by Gasteiger charge is -2.03. The van der Waals surface area contributed by atoms with Gasteiger partial charge < -0.3 is 4.74 Å². The van der Waals surface area contributed by atoms with Gasteiger partial charge in [0.1, 0.15) is 0 Å². The number of H-pyrrole nitrogens is 1. The highest BCUT2D eigenvalue weighted by atomic mass is 32.2. The minimum atomic E-state index is -3.42. The largest absolute Gasteiger partial charge is 0.385 e. The summed E-state index contributed by atoms with van der Waals surface area (Å²) in [5.74, 6) is 0. The molecule has 0 saturated carbocycles. The van der Waals surface area contributed by atoms with Gasteiger partial charge in [-0.2, -0.15) is 5.10 Å². The van der Waals surface area contributed by atoms with E-state index in [1.54, 1.807) is 7.11 Å². The van der Waals surface area contributed by atoms with Crippen LogP contribution in [-0.4, -0.2) is 38.9 Å². The van der Waals surface area contributed by atoms with Gasteiger partial charge in [-0.3, -0.25) is 5.10 Å². The van der Waals surface area contributed by atoms with Gasteiger partial charge in [-0.25, -0.2) is 13.1 Å². The van der Waals surface area contributed by atoms with Crippen molar-refractivity contribution < 1.29 is 13.2 Å². The molecular formula is C7H13N3O3S. The maximum atomic E-state index is 11.4. The molecule has 2 N–H and O–H groups in total. The molecule has 80 valence electrons. The molecule has 1 aromatic heterocycles. The molecule has 0 atom stereocenters. The Hall–Kier alpha value is -0.920. The van der Waals surface area contributed by atoms with Crippen LogP contribution >= 0.6 is 0 Å². The van der Waals surface area contributed by atoms with Gasteiger partial charge in [0.25, 0.3) is 10.0 Å². The summed E-state index contributed by atoms with van der Waals surface area (Å²) in [7, 11) is -1.85. The van der Waals surface area contributed by atoms with Crippen molar-refractivity contribution in [2.45, 2.75) is 11.4 Å². The Kier molecular flexibility index (Phi) is 4.05. The van der Waals surface area contributed by atoms with Crippen molar-refractivity contribution in [1.82, 2.24) is 14.9 Å². The van der Waals surface area contributed by atoms with Crippen molar-refractivity contribution >= 4 is 10.0 Å². The smallest absolute Gasteiger partial charge is 0.257 e. The van der Waals surface area contributed by atoms with Crippen LogP contribution in [0.4, 0.5) is 0 Å². The minimum absolute atomic E-state index is 0.0786. The summed E-state index contributed by atoms with van der Waals surface area (Å²) >= 11 is 0. The molecule has 1 rings (SSSR count). The van der Waals surface area contributed by atoms with Gasteiger partial charge in [0.05, 0.1) is 6.20 Å². The van der Waals surface area contributed by atoms with Crippen LogP contribution in [0.3, 0.4) is 0 Å². The average Bonchev–Trinajstić information content (AvgIpc) is 2.65. The first-order valence-electron chi connectivity index (χ1n) is 4.15. The quantitative estimate of drug-likeness (QED) is 0.645. The molecule has 14 heavy (non-hydrogen) atoms. The molecule has 0 unspecified atom stereocenters. The first-order valence-corrected chi connectivity index (χ1v) is 5.63. The molecule has 0 saturated heterocycles. The first kappa shape index (κ1) is 11.2. The molecule has 0 bridgehead atoms. The SMILES string of the molecule is COCCCNS(=O)(=O)c1ccn[nH]1. The van der Waals surface area contributed by atoms with E-state index in [-0.39, 0.29) is 5.03 Å². The molecule has 1 heterocycles. The van der Waals surface area contributed by atoms with Gasteiger partial charge in [0.15, 0.2) is 5.03 Å². The Bertz CT molecular complexity index is 346. The molecule has 7 heteroatoms. The highest BCUT2D eigenvalue weighted by molar-refractivity contribution is 7.89. The van der Waals surface area contributed by atoms with Gasteiger partial charge in [0, 0.05) is 20.3 Å². The molecule has 0 aliphatic heterocycles. The van der Waals surface area contributed by atoms with Crippen molar-refractivity contribution in [3.05, 3.63) is 12.3 Å². The highest BCUT2D eigenvalue weighted by Crippen LogP contribution is 2.01. The van der Waals surface area contributed by atoms with Crippen molar-refractivity contribution in [3.63, 3.8) is 0 Å². The fourth-order valence-electron chi connectivity index (χ4n) is 0.894. The van der Waals surface area contributed by atoms with Gasteiger partial charge >= 0.3 is 0 Å². The van der Waals surface area contributed by atoms with E-state index in [1.807, 2.05) is 0 Å². The van der Waals surface area contributed by atoms with Crippen LogP contribution in [0, 0.1) is 0 Å². The third-order valence-corrected chi connectivity index (χ3v) is 2.97. The molecule has 0 aliphatic carbocycles. The van der Waals surface area contributed by atoms with E-state index in [2.05, 4.69) is 14.9 Å². The van der Waals surface area contributed by atoms with E-state index in [4.69, 9.17) is 4.74 Å². The van der Waals surface area contributed by atoms with Crippen LogP contribution in [0.1, 0.15) is 6.42 Å². The Balaban J connectivity index is 2.44. The summed E-state index contributed by atoms with van der Waals surface area (Å²) < 4.78 is 30.1. The second-order valence-electron chi connectivity index (χ2n) is 2.67. The second kappa shape index (κ2) is 5.08. The predicted octanol–water partition coefficient (Wildman–Crippen LogP) is -0.275. The first-order chi connectivity index (χ1) is 6.67. The van der Waals surface area contributed by atoms with Gasteiger partial charge in [-0.15, -0.1) is 0 Å². The fourth-order valence-corrected chi connectivity index (χ4v) is 1.88. The molecular weight excluding hydrogens is 206 g/mol. The van der Waals surface area contributed by atoms with Crippen LogP contribution in [0.2, 0.25) is 0 Å². The number of nitrogens with one attached hydrogen (secondary N) is 2. The van der Waals surface area contributed by atoms with Gasteiger partial charge in [-0.05, 0) is 12.5 Å². The molecule has 0 aromatic carbocycles. The maximum Gasteiger partial charge on any atom is 0.257 e. The third kappa shape index (κ3) is 3.09. The van der Waals surface area contributed by atoms with Crippen molar-refractivity contribution in [2.75, 3.05) is 20.3 Å². The molecule has 0 fully saturated rings. The lowest BCUT2D eigenvalue weighted by molar-refractivity contribution is 0.196. The predicted molar refractivity (Wildman–Crippen MR) is 50.3 cm³/mol. The van der Waals surface area contributed by atoms with E-state index >= 15 is 0 Å². The summed E-state index contributed by atoms with van der Waals surface area (Å²) in [6, 6.07) is 1.40. The standard InChI is InChI=1S/C7H13N3O3S/c1-13-6-2-4-9-14(11,12)7-3-5-8-10-7/h3,5,9H,2,4,6H2,1H3,(H,8,10). The second-order valence-corrected chi connectivity index (χ2v) is 4.40.